The lowest BCUT2D eigenvalue weighted by Gasteiger charge is -2.24. The Labute approximate surface area is 164 Å². The number of esters is 2. The van der Waals surface area contributed by atoms with Crippen molar-refractivity contribution < 1.29 is 33.3 Å². The summed E-state index contributed by atoms with van der Waals surface area (Å²) in [6.07, 6.45) is -0.983. The van der Waals surface area contributed by atoms with Gasteiger partial charge in [-0.2, -0.15) is 0 Å². The van der Waals surface area contributed by atoms with Crippen molar-refractivity contribution in [3.8, 4) is 0 Å². The minimum atomic E-state index is -0.983. The number of rotatable bonds is 11. The van der Waals surface area contributed by atoms with Crippen molar-refractivity contribution in [3.05, 3.63) is 47.2 Å². The molecule has 0 aliphatic carbocycles. The van der Waals surface area contributed by atoms with Gasteiger partial charge in [-0.1, -0.05) is 30.3 Å². The molecular weight excluding hydrogens is 366 g/mol. The van der Waals surface area contributed by atoms with E-state index in [1.807, 2.05) is 30.3 Å². The Balaban J connectivity index is 3.16. The van der Waals surface area contributed by atoms with Crippen LogP contribution in [0.5, 0.6) is 0 Å². The maximum absolute atomic E-state index is 12.6. The van der Waals surface area contributed by atoms with Crippen LogP contribution in [0.4, 0.5) is 0 Å². The Hall–Kier alpha value is -2.71. The minimum Gasteiger partial charge on any atom is -0.462 e. The normalized spacial score (nSPS) is 12.8. The van der Waals surface area contributed by atoms with Gasteiger partial charge in [0.25, 0.3) is 0 Å². The van der Waals surface area contributed by atoms with Crippen molar-refractivity contribution in [1.82, 2.24) is 5.32 Å². The van der Waals surface area contributed by atoms with Gasteiger partial charge in [0.1, 0.15) is 12.2 Å². The van der Waals surface area contributed by atoms with E-state index in [9.17, 15) is 14.4 Å². The van der Waals surface area contributed by atoms with Crippen molar-refractivity contribution in [1.29, 1.82) is 0 Å². The number of hydrogen-bond acceptors (Lipinski definition) is 8. The van der Waals surface area contributed by atoms with Crippen LogP contribution in [0.3, 0.4) is 0 Å². The van der Waals surface area contributed by atoms with Crippen LogP contribution in [-0.2, 0) is 39.9 Å². The number of carbonyl (C=O) groups excluding carboxylic acids is 3. The molecule has 0 saturated heterocycles. The Morgan fingerprint density at radius 2 is 1.64 bits per heavy atom. The molecule has 1 rings (SSSR count). The zero-order chi connectivity index (χ0) is 21.1. The number of ketones is 1. The van der Waals surface area contributed by atoms with Gasteiger partial charge in [-0.05, 0) is 26.3 Å². The summed E-state index contributed by atoms with van der Waals surface area (Å²) in [4.78, 5) is 37.0. The smallest absolute Gasteiger partial charge is 0.343 e. The fraction of sp³-hybridized carbons (Fsp3) is 0.450. The van der Waals surface area contributed by atoms with E-state index in [0.29, 0.717) is 0 Å². The molecule has 1 N–H and O–H groups in total. The Morgan fingerprint density at radius 3 is 2.14 bits per heavy atom. The highest BCUT2D eigenvalue weighted by molar-refractivity contribution is 6.17. The third-order valence-corrected chi connectivity index (χ3v) is 3.81. The van der Waals surface area contributed by atoms with Crippen LogP contribution in [0, 0.1) is 5.92 Å². The van der Waals surface area contributed by atoms with Gasteiger partial charge in [0.2, 0.25) is 6.41 Å². The van der Waals surface area contributed by atoms with Crippen LogP contribution in [0.25, 0.3) is 0 Å². The SMILES string of the molecule is CCOC(=O)/C(C(C)=O)=C(\NC(OC)OC)C(C)C(=O)OCc1ccccc1. The summed E-state index contributed by atoms with van der Waals surface area (Å²) < 4.78 is 20.4. The lowest BCUT2D eigenvalue weighted by atomic mass is 10.00. The number of carbonyl (C=O) groups is 3. The molecule has 154 valence electrons. The molecule has 8 nitrogen and oxygen atoms in total. The molecule has 1 atom stereocenters. The zero-order valence-corrected chi connectivity index (χ0v) is 16.8. The number of ether oxygens (including phenoxy) is 4. The van der Waals surface area contributed by atoms with Crippen molar-refractivity contribution >= 4 is 17.7 Å². The highest BCUT2D eigenvalue weighted by Crippen LogP contribution is 2.19. The first-order valence-corrected chi connectivity index (χ1v) is 8.80. The average Bonchev–Trinajstić information content (AvgIpc) is 2.69. The first-order chi connectivity index (χ1) is 13.3. The molecule has 1 aromatic rings. The molecule has 0 aliphatic rings. The summed E-state index contributed by atoms with van der Waals surface area (Å²) in [7, 11) is 2.74. The van der Waals surface area contributed by atoms with Crippen molar-refractivity contribution in [2.45, 2.75) is 33.8 Å². The summed E-state index contributed by atoms with van der Waals surface area (Å²) in [5.74, 6) is -3.00. The highest BCUT2D eigenvalue weighted by Gasteiger charge is 2.31. The number of benzene rings is 1. The Morgan fingerprint density at radius 1 is 1.04 bits per heavy atom. The van der Waals surface area contributed by atoms with Gasteiger partial charge >= 0.3 is 11.9 Å². The average molecular weight is 393 g/mol. The van der Waals surface area contributed by atoms with E-state index in [2.05, 4.69) is 5.32 Å². The maximum atomic E-state index is 12.6. The van der Waals surface area contributed by atoms with E-state index in [-0.39, 0.29) is 24.5 Å². The quantitative estimate of drug-likeness (QED) is 0.200. The molecule has 0 radical (unpaired) electrons. The fourth-order valence-corrected chi connectivity index (χ4v) is 2.37. The Kier molecular flexibility index (Phi) is 9.91. The van der Waals surface area contributed by atoms with Gasteiger partial charge in [-0.25, -0.2) is 4.79 Å². The van der Waals surface area contributed by atoms with Gasteiger partial charge in [0, 0.05) is 19.9 Å². The van der Waals surface area contributed by atoms with Gasteiger partial charge < -0.3 is 24.3 Å². The molecule has 0 amide bonds. The Bertz CT molecular complexity index is 696. The number of hydrogen-bond donors (Lipinski definition) is 1. The molecule has 0 saturated carbocycles. The van der Waals surface area contributed by atoms with Crippen LogP contribution < -0.4 is 5.32 Å². The van der Waals surface area contributed by atoms with Crippen LogP contribution in [0.1, 0.15) is 26.3 Å². The zero-order valence-electron chi connectivity index (χ0n) is 16.8. The first-order valence-electron chi connectivity index (χ1n) is 8.80. The highest BCUT2D eigenvalue weighted by atomic mass is 16.7. The van der Waals surface area contributed by atoms with Gasteiger partial charge in [-0.15, -0.1) is 0 Å². The molecular formula is C20H27NO7. The molecule has 1 aromatic carbocycles. The first kappa shape index (κ1) is 23.3. The molecule has 0 fully saturated rings. The number of methoxy groups -OCH3 is 2. The third kappa shape index (κ3) is 6.79. The van der Waals surface area contributed by atoms with Crippen LogP contribution in [0.15, 0.2) is 41.6 Å². The summed E-state index contributed by atoms with van der Waals surface area (Å²) in [5.41, 5.74) is 0.535. The summed E-state index contributed by atoms with van der Waals surface area (Å²) in [5, 5.41) is 2.77. The number of Topliss-reactive ketones (excluding diaryl/α,β-unsaturated/α-hetero) is 1. The molecule has 0 aliphatic heterocycles. The monoisotopic (exact) mass is 393 g/mol. The molecule has 0 aromatic heterocycles. The molecule has 0 spiro atoms. The van der Waals surface area contributed by atoms with Crippen LogP contribution in [-0.4, -0.2) is 45.0 Å². The standard InChI is InChI=1S/C20H27NO7/c1-6-27-19(24)16(14(3)22)17(21-20(25-4)26-5)13(2)18(23)28-12-15-10-8-7-9-11-15/h7-11,13,20-21H,6,12H2,1-5H3/b17-16-. The lowest BCUT2D eigenvalue weighted by molar-refractivity contribution is -0.149. The summed E-state index contributed by atoms with van der Waals surface area (Å²) in [6, 6.07) is 9.15. The van der Waals surface area contributed by atoms with Crippen LogP contribution >= 0.6 is 0 Å². The molecule has 1 unspecified atom stereocenters. The van der Waals surface area contributed by atoms with E-state index in [1.54, 1.807) is 6.92 Å². The third-order valence-electron chi connectivity index (χ3n) is 3.81. The van der Waals surface area contributed by atoms with Crippen molar-refractivity contribution in [3.63, 3.8) is 0 Å². The van der Waals surface area contributed by atoms with Crippen LogP contribution in [0.2, 0.25) is 0 Å². The fourth-order valence-electron chi connectivity index (χ4n) is 2.37. The maximum Gasteiger partial charge on any atom is 0.343 e. The van der Waals surface area contributed by atoms with E-state index in [0.717, 1.165) is 5.56 Å². The van der Waals surface area contributed by atoms with Gasteiger partial charge in [0.05, 0.1) is 12.5 Å². The second-order valence-corrected chi connectivity index (χ2v) is 5.83. The largest absolute Gasteiger partial charge is 0.462 e. The molecule has 8 heteroatoms. The van der Waals surface area contributed by atoms with E-state index < -0.39 is 30.1 Å². The summed E-state index contributed by atoms with van der Waals surface area (Å²) in [6.45, 7) is 4.48. The van der Waals surface area contributed by atoms with E-state index in [1.165, 1.54) is 28.1 Å². The lowest BCUT2D eigenvalue weighted by Crippen LogP contribution is -2.39. The summed E-state index contributed by atoms with van der Waals surface area (Å²) >= 11 is 0. The number of nitrogens with one attached hydrogen (secondary N) is 1. The predicted octanol–water partition coefficient (Wildman–Crippen LogP) is 1.94. The van der Waals surface area contributed by atoms with Gasteiger partial charge in [-0.3, -0.25) is 9.59 Å². The van der Waals surface area contributed by atoms with E-state index >= 15 is 0 Å². The topological polar surface area (TPSA) is 100 Å². The molecule has 0 bridgehead atoms. The molecule has 0 heterocycles. The van der Waals surface area contributed by atoms with Gasteiger partial charge in [0.15, 0.2) is 5.78 Å². The second-order valence-electron chi connectivity index (χ2n) is 5.83. The van der Waals surface area contributed by atoms with Crippen molar-refractivity contribution in [2.75, 3.05) is 20.8 Å². The predicted molar refractivity (Wildman–Crippen MR) is 101 cm³/mol. The van der Waals surface area contributed by atoms with E-state index in [4.69, 9.17) is 18.9 Å². The van der Waals surface area contributed by atoms with Crippen molar-refractivity contribution in [2.24, 2.45) is 5.92 Å². The molecule has 28 heavy (non-hydrogen) atoms. The minimum absolute atomic E-state index is 0.0118. The second kappa shape index (κ2) is 11.9.